The van der Waals surface area contributed by atoms with Gasteiger partial charge in [0.1, 0.15) is 0 Å². The molecule has 102 valence electrons. The summed E-state index contributed by atoms with van der Waals surface area (Å²) in [5.74, 6) is 0. The lowest BCUT2D eigenvalue weighted by Crippen LogP contribution is -2.05. The number of alkyl halides is 1. The van der Waals surface area contributed by atoms with Crippen LogP contribution >= 0.6 is 22.9 Å². The molecule has 0 saturated carbocycles. The minimum atomic E-state index is -0.0296. The number of rotatable bonds is 2. The molecule has 0 N–H and O–H groups in total. The third kappa shape index (κ3) is 2.34. The van der Waals surface area contributed by atoms with Crippen LogP contribution in [0.5, 0.6) is 0 Å². The maximum atomic E-state index is 6.80. The van der Waals surface area contributed by atoms with E-state index in [1.807, 2.05) is 0 Å². The van der Waals surface area contributed by atoms with Crippen molar-refractivity contribution >= 4 is 22.9 Å². The lowest BCUT2D eigenvalue weighted by atomic mass is 9.87. The maximum absolute atomic E-state index is 6.80. The van der Waals surface area contributed by atoms with Crippen LogP contribution in [-0.2, 0) is 0 Å². The lowest BCUT2D eigenvalue weighted by molar-refractivity contribution is 1.05. The van der Waals surface area contributed by atoms with E-state index in [-0.39, 0.29) is 5.38 Å². The molecule has 0 fully saturated rings. The second kappa shape index (κ2) is 5.30. The highest BCUT2D eigenvalue weighted by Crippen LogP contribution is 2.40. The molecule has 0 aliphatic rings. The summed E-state index contributed by atoms with van der Waals surface area (Å²) < 4.78 is 0. The topological polar surface area (TPSA) is 0 Å². The summed E-state index contributed by atoms with van der Waals surface area (Å²) in [6, 6.07) is 2.15. The average Bonchev–Trinajstić information content (AvgIpc) is 2.80. The summed E-state index contributed by atoms with van der Waals surface area (Å²) >= 11 is 8.55. The molecule has 2 heteroatoms. The van der Waals surface area contributed by atoms with E-state index in [1.54, 1.807) is 11.3 Å². The van der Waals surface area contributed by atoms with Gasteiger partial charge in [0.25, 0.3) is 0 Å². The molecule has 1 heterocycles. The molecule has 0 radical (unpaired) electrons. The van der Waals surface area contributed by atoms with Crippen molar-refractivity contribution in [2.24, 2.45) is 0 Å². The Hall–Kier alpha value is -0.790. The van der Waals surface area contributed by atoms with Crippen LogP contribution in [-0.4, -0.2) is 0 Å². The van der Waals surface area contributed by atoms with Gasteiger partial charge in [-0.05, 0) is 91.9 Å². The fourth-order valence-corrected chi connectivity index (χ4v) is 4.25. The van der Waals surface area contributed by atoms with Crippen molar-refractivity contribution in [3.05, 3.63) is 55.3 Å². The molecule has 0 spiro atoms. The standard InChI is InChI=1S/C17H21ClS/c1-9-7-8-19-17(9)16(18)15-13(5)11(3)10(2)12(4)14(15)6/h7-8,16H,1-6H3. The fraction of sp³-hybridized carbons (Fsp3) is 0.412. The molecule has 0 saturated heterocycles. The summed E-state index contributed by atoms with van der Waals surface area (Å²) in [6.45, 7) is 13.1. The van der Waals surface area contributed by atoms with Crippen LogP contribution in [0, 0.1) is 41.5 Å². The van der Waals surface area contributed by atoms with Gasteiger partial charge in [0.2, 0.25) is 0 Å². The van der Waals surface area contributed by atoms with Crippen LogP contribution in [0.4, 0.5) is 0 Å². The predicted molar refractivity (Wildman–Crippen MR) is 86.9 cm³/mol. The predicted octanol–water partition coefficient (Wildman–Crippen LogP) is 5.93. The zero-order valence-electron chi connectivity index (χ0n) is 12.5. The molecule has 2 aromatic rings. The molecular formula is C17H21ClS. The van der Waals surface area contributed by atoms with Gasteiger partial charge in [-0.3, -0.25) is 0 Å². The van der Waals surface area contributed by atoms with Crippen LogP contribution in [0.25, 0.3) is 0 Å². The molecule has 19 heavy (non-hydrogen) atoms. The monoisotopic (exact) mass is 292 g/mol. The van der Waals surface area contributed by atoms with Crippen molar-refractivity contribution in [3.63, 3.8) is 0 Å². The van der Waals surface area contributed by atoms with Crippen molar-refractivity contribution in [1.82, 2.24) is 0 Å². The van der Waals surface area contributed by atoms with Gasteiger partial charge in [0.05, 0.1) is 5.38 Å². The van der Waals surface area contributed by atoms with Crippen molar-refractivity contribution in [2.75, 3.05) is 0 Å². The minimum absolute atomic E-state index is 0.0296. The Morgan fingerprint density at radius 1 is 0.842 bits per heavy atom. The molecule has 2 rings (SSSR count). The Balaban J connectivity index is 2.67. The average molecular weight is 293 g/mol. The Bertz CT molecular complexity index is 593. The van der Waals surface area contributed by atoms with Gasteiger partial charge in [-0.25, -0.2) is 0 Å². The quantitative estimate of drug-likeness (QED) is 0.602. The number of thiophene rings is 1. The largest absolute Gasteiger partial charge is 0.147 e. The summed E-state index contributed by atoms with van der Waals surface area (Å²) in [4.78, 5) is 1.27. The lowest BCUT2D eigenvalue weighted by Gasteiger charge is -2.22. The molecule has 0 aliphatic heterocycles. The molecule has 1 unspecified atom stereocenters. The molecule has 1 atom stereocenters. The normalized spacial score (nSPS) is 12.8. The minimum Gasteiger partial charge on any atom is -0.147 e. The highest BCUT2D eigenvalue weighted by atomic mass is 35.5. The Morgan fingerprint density at radius 2 is 1.32 bits per heavy atom. The Kier molecular flexibility index (Phi) is 4.08. The van der Waals surface area contributed by atoms with E-state index in [1.165, 1.54) is 43.8 Å². The molecule has 0 aliphatic carbocycles. The van der Waals surface area contributed by atoms with Gasteiger partial charge in [-0.15, -0.1) is 22.9 Å². The second-order valence-corrected chi connectivity index (χ2v) is 6.75. The Morgan fingerprint density at radius 3 is 1.74 bits per heavy atom. The van der Waals surface area contributed by atoms with Gasteiger partial charge >= 0.3 is 0 Å². The first-order valence-corrected chi connectivity index (χ1v) is 7.92. The van der Waals surface area contributed by atoms with Crippen molar-refractivity contribution in [3.8, 4) is 0 Å². The van der Waals surface area contributed by atoms with E-state index < -0.39 is 0 Å². The van der Waals surface area contributed by atoms with E-state index in [4.69, 9.17) is 11.6 Å². The summed E-state index contributed by atoms with van der Waals surface area (Å²) in [6.07, 6.45) is 0. The molecule has 1 aromatic heterocycles. The first-order valence-electron chi connectivity index (χ1n) is 6.61. The van der Waals surface area contributed by atoms with Crippen molar-refractivity contribution in [1.29, 1.82) is 0 Å². The third-order valence-electron chi connectivity index (χ3n) is 4.44. The SMILES string of the molecule is Cc1ccsc1C(Cl)c1c(C)c(C)c(C)c(C)c1C. The zero-order chi connectivity index (χ0) is 14.3. The molecule has 0 bridgehead atoms. The third-order valence-corrected chi connectivity index (χ3v) is 6.09. The van der Waals surface area contributed by atoms with Crippen molar-refractivity contribution < 1.29 is 0 Å². The van der Waals surface area contributed by atoms with Crippen LogP contribution in [0.3, 0.4) is 0 Å². The first kappa shape index (κ1) is 14.6. The maximum Gasteiger partial charge on any atom is 0.0935 e. The molecular weight excluding hydrogens is 272 g/mol. The first-order chi connectivity index (χ1) is 8.86. The zero-order valence-corrected chi connectivity index (χ0v) is 14.1. The summed E-state index contributed by atoms with van der Waals surface area (Å²) in [5, 5.41) is 2.09. The number of hydrogen-bond donors (Lipinski definition) is 0. The van der Waals surface area contributed by atoms with E-state index >= 15 is 0 Å². The molecule has 1 aromatic carbocycles. The van der Waals surface area contributed by atoms with Gasteiger partial charge < -0.3 is 0 Å². The van der Waals surface area contributed by atoms with E-state index in [2.05, 4.69) is 53.0 Å². The molecule has 0 nitrogen and oxygen atoms in total. The van der Waals surface area contributed by atoms with Crippen molar-refractivity contribution in [2.45, 2.75) is 46.9 Å². The number of hydrogen-bond acceptors (Lipinski definition) is 1. The van der Waals surface area contributed by atoms with Gasteiger partial charge in [-0.2, -0.15) is 0 Å². The highest BCUT2D eigenvalue weighted by Gasteiger charge is 2.22. The van der Waals surface area contributed by atoms with Crippen LogP contribution < -0.4 is 0 Å². The summed E-state index contributed by atoms with van der Waals surface area (Å²) in [5.41, 5.74) is 9.41. The summed E-state index contributed by atoms with van der Waals surface area (Å²) in [7, 11) is 0. The number of benzene rings is 1. The van der Waals surface area contributed by atoms with E-state index in [0.29, 0.717) is 0 Å². The fourth-order valence-electron chi connectivity index (χ4n) is 2.68. The van der Waals surface area contributed by atoms with Gasteiger partial charge in [0.15, 0.2) is 0 Å². The van der Waals surface area contributed by atoms with Crippen LogP contribution in [0.1, 0.15) is 49.2 Å². The van der Waals surface area contributed by atoms with Gasteiger partial charge in [-0.1, -0.05) is 0 Å². The Labute approximate surface area is 125 Å². The van der Waals surface area contributed by atoms with Crippen LogP contribution in [0.2, 0.25) is 0 Å². The number of aryl methyl sites for hydroxylation is 1. The van der Waals surface area contributed by atoms with E-state index in [0.717, 1.165) is 0 Å². The van der Waals surface area contributed by atoms with Gasteiger partial charge in [0, 0.05) is 4.88 Å². The molecule has 0 amide bonds. The smallest absolute Gasteiger partial charge is 0.0935 e. The number of halogens is 1. The van der Waals surface area contributed by atoms with Crippen LogP contribution in [0.15, 0.2) is 11.4 Å². The second-order valence-electron chi connectivity index (χ2n) is 5.37. The highest BCUT2D eigenvalue weighted by molar-refractivity contribution is 7.10. The van der Waals surface area contributed by atoms with E-state index in [9.17, 15) is 0 Å².